The second kappa shape index (κ2) is 4.39. The van der Waals surface area contributed by atoms with E-state index >= 15 is 0 Å². The van der Waals surface area contributed by atoms with E-state index in [0.717, 1.165) is 12.8 Å². The molecule has 112 valence electrons. The van der Waals surface area contributed by atoms with E-state index in [1.807, 2.05) is 13.0 Å². The van der Waals surface area contributed by atoms with Crippen LogP contribution in [0.5, 0.6) is 0 Å². The lowest BCUT2D eigenvalue weighted by atomic mass is 9.52. The third-order valence-corrected chi connectivity index (χ3v) is 5.94. The fourth-order valence-corrected chi connectivity index (χ4v) is 4.49. The first-order valence-corrected chi connectivity index (χ1v) is 7.56. The molecule has 0 radical (unpaired) electrons. The summed E-state index contributed by atoms with van der Waals surface area (Å²) in [4.78, 5) is 12.8. The first-order chi connectivity index (χ1) is 9.28. The first kappa shape index (κ1) is 14.2. The Labute approximate surface area is 119 Å². The standard InChI is InChI=1S/C16H24O4/c1-9-4-7-12-11(13(9)17)6-5-10-8-20-16(3,19)14(18)15(10,12)2/h5-6,9-13,17,19H,4,7-8H2,1-3H3. The maximum Gasteiger partial charge on any atom is 0.224 e. The van der Waals surface area contributed by atoms with Crippen molar-refractivity contribution in [2.75, 3.05) is 6.61 Å². The number of hydrogen-bond acceptors (Lipinski definition) is 4. The normalized spacial score (nSPS) is 55.2. The van der Waals surface area contributed by atoms with Gasteiger partial charge in [-0.25, -0.2) is 0 Å². The van der Waals surface area contributed by atoms with Crippen LogP contribution in [0.3, 0.4) is 0 Å². The Kier molecular flexibility index (Phi) is 3.13. The van der Waals surface area contributed by atoms with Crippen molar-refractivity contribution in [2.24, 2.45) is 29.1 Å². The molecular weight excluding hydrogens is 256 g/mol. The molecule has 0 aromatic heterocycles. The lowest BCUT2D eigenvalue weighted by molar-refractivity contribution is -0.241. The van der Waals surface area contributed by atoms with Gasteiger partial charge >= 0.3 is 0 Å². The summed E-state index contributed by atoms with van der Waals surface area (Å²) in [5.74, 6) is -1.57. The molecule has 1 heterocycles. The van der Waals surface area contributed by atoms with Gasteiger partial charge in [0.1, 0.15) is 0 Å². The zero-order valence-electron chi connectivity index (χ0n) is 12.4. The van der Waals surface area contributed by atoms with Gasteiger partial charge in [-0.15, -0.1) is 0 Å². The van der Waals surface area contributed by atoms with Crippen molar-refractivity contribution in [3.63, 3.8) is 0 Å². The Balaban J connectivity index is 2.02. The first-order valence-electron chi connectivity index (χ1n) is 7.56. The topological polar surface area (TPSA) is 66.8 Å². The lowest BCUT2D eigenvalue weighted by Gasteiger charge is -2.55. The minimum Gasteiger partial charge on any atom is -0.392 e. The van der Waals surface area contributed by atoms with Gasteiger partial charge in [0.2, 0.25) is 5.79 Å². The number of carbonyl (C=O) groups is 1. The number of carbonyl (C=O) groups excluding carboxylic acids is 1. The summed E-state index contributed by atoms with van der Waals surface area (Å²) in [7, 11) is 0. The highest BCUT2D eigenvalue weighted by Crippen LogP contribution is 2.55. The maximum atomic E-state index is 12.8. The van der Waals surface area contributed by atoms with Crippen LogP contribution < -0.4 is 0 Å². The molecule has 3 aliphatic rings. The number of hydrogen-bond donors (Lipinski definition) is 2. The fourth-order valence-electron chi connectivity index (χ4n) is 4.49. The van der Waals surface area contributed by atoms with E-state index in [2.05, 4.69) is 13.0 Å². The highest BCUT2D eigenvalue weighted by Gasteiger charge is 2.60. The van der Waals surface area contributed by atoms with Crippen LogP contribution in [0.4, 0.5) is 0 Å². The van der Waals surface area contributed by atoms with Crippen molar-refractivity contribution >= 4 is 5.78 Å². The van der Waals surface area contributed by atoms with Gasteiger partial charge in [0.25, 0.3) is 0 Å². The highest BCUT2D eigenvalue weighted by atomic mass is 16.6. The highest BCUT2D eigenvalue weighted by molar-refractivity contribution is 5.92. The average Bonchev–Trinajstić information content (AvgIpc) is 2.40. The maximum absolute atomic E-state index is 12.8. The summed E-state index contributed by atoms with van der Waals surface area (Å²) < 4.78 is 5.33. The molecule has 1 aliphatic heterocycles. The predicted octanol–water partition coefficient (Wildman–Crippen LogP) is 1.51. The second-order valence-corrected chi connectivity index (χ2v) is 7.13. The zero-order chi connectivity index (χ0) is 14.7. The van der Waals surface area contributed by atoms with Crippen LogP contribution in [0.15, 0.2) is 12.2 Å². The number of fused-ring (bicyclic) bond motifs is 3. The van der Waals surface area contributed by atoms with Gasteiger partial charge in [-0.05, 0) is 31.6 Å². The van der Waals surface area contributed by atoms with Crippen LogP contribution in [0.2, 0.25) is 0 Å². The number of ether oxygens (including phenoxy) is 1. The third kappa shape index (κ3) is 1.74. The molecule has 2 N–H and O–H groups in total. The molecule has 7 atom stereocenters. The lowest BCUT2D eigenvalue weighted by Crippen LogP contribution is -2.63. The quantitative estimate of drug-likeness (QED) is 0.660. The summed E-state index contributed by atoms with van der Waals surface area (Å²) in [6.07, 6.45) is 5.52. The Hall–Kier alpha value is -0.710. The van der Waals surface area contributed by atoms with E-state index < -0.39 is 17.3 Å². The minimum atomic E-state index is -1.70. The molecule has 20 heavy (non-hydrogen) atoms. The molecule has 0 aromatic carbocycles. The van der Waals surface area contributed by atoms with Gasteiger partial charge in [0.15, 0.2) is 5.78 Å². The van der Waals surface area contributed by atoms with Crippen LogP contribution in [0.1, 0.15) is 33.6 Å². The van der Waals surface area contributed by atoms with Crippen molar-refractivity contribution in [1.82, 2.24) is 0 Å². The van der Waals surface area contributed by atoms with Crippen LogP contribution in [-0.2, 0) is 9.53 Å². The summed E-state index contributed by atoms with van der Waals surface area (Å²) in [6.45, 7) is 5.80. The molecule has 0 bridgehead atoms. The van der Waals surface area contributed by atoms with Crippen LogP contribution in [0, 0.1) is 29.1 Å². The predicted molar refractivity (Wildman–Crippen MR) is 73.7 cm³/mol. The van der Waals surface area contributed by atoms with E-state index in [1.54, 1.807) is 0 Å². The minimum absolute atomic E-state index is 0.00270. The van der Waals surface area contributed by atoms with Crippen molar-refractivity contribution in [1.29, 1.82) is 0 Å². The smallest absolute Gasteiger partial charge is 0.224 e. The monoisotopic (exact) mass is 280 g/mol. The molecule has 0 amide bonds. The van der Waals surface area contributed by atoms with Crippen LogP contribution in [0.25, 0.3) is 0 Å². The number of aliphatic hydroxyl groups excluding tert-OH is 1. The molecule has 2 aliphatic carbocycles. The van der Waals surface area contributed by atoms with Crippen molar-refractivity contribution < 1.29 is 19.7 Å². The molecule has 1 saturated heterocycles. The van der Waals surface area contributed by atoms with E-state index in [1.165, 1.54) is 6.92 Å². The van der Waals surface area contributed by atoms with Gasteiger partial charge in [0, 0.05) is 17.3 Å². The van der Waals surface area contributed by atoms with Crippen molar-refractivity contribution in [3.05, 3.63) is 12.2 Å². The molecule has 3 rings (SSSR count). The molecule has 4 nitrogen and oxygen atoms in total. The van der Waals surface area contributed by atoms with E-state index in [9.17, 15) is 15.0 Å². The molecule has 4 heteroatoms. The number of aliphatic hydroxyl groups is 2. The van der Waals surface area contributed by atoms with E-state index in [-0.39, 0.29) is 29.5 Å². The van der Waals surface area contributed by atoms with Gasteiger partial charge < -0.3 is 14.9 Å². The Morgan fingerprint density at radius 3 is 2.70 bits per heavy atom. The largest absolute Gasteiger partial charge is 0.392 e. The number of ketones is 1. The molecule has 0 aromatic rings. The zero-order valence-corrected chi connectivity index (χ0v) is 12.4. The van der Waals surface area contributed by atoms with Crippen LogP contribution >= 0.6 is 0 Å². The Morgan fingerprint density at radius 2 is 2.00 bits per heavy atom. The Bertz CT molecular complexity index is 455. The van der Waals surface area contributed by atoms with Gasteiger partial charge in [-0.2, -0.15) is 0 Å². The van der Waals surface area contributed by atoms with Gasteiger partial charge in [-0.3, -0.25) is 4.79 Å². The number of Topliss-reactive ketones (excluding diaryl/α,β-unsaturated/α-hetero) is 1. The SMILES string of the molecule is CC1CCC2C(C=CC3COC(C)(O)C(=O)C32C)C1O. The summed E-state index contributed by atoms with van der Waals surface area (Å²) in [5.41, 5.74) is -0.637. The van der Waals surface area contributed by atoms with Gasteiger partial charge in [-0.1, -0.05) is 26.0 Å². The molecule has 0 spiro atoms. The van der Waals surface area contributed by atoms with Gasteiger partial charge in [0.05, 0.1) is 12.7 Å². The van der Waals surface area contributed by atoms with Crippen molar-refractivity contribution in [2.45, 2.75) is 45.5 Å². The second-order valence-electron chi connectivity index (χ2n) is 7.13. The van der Waals surface area contributed by atoms with Crippen molar-refractivity contribution in [3.8, 4) is 0 Å². The van der Waals surface area contributed by atoms with E-state index in [0.29, 0.717) is 6.61 Å². The third-order valence-electron chi connectivity index (χ3n) is 5.94. The summed E-state index contributed by atoms with van der Waals surface area (Å²) >= 11 is 0. The number of rotatable bonds is 0. The Morgan fingerprint density at radius 1 is 1.30 bits per heavy atom. The summed E-state index contributed by atoms with van der Waals surface area (Å²) in [6, 6.07) is 0. The average molecular weight is 280 g/mol. The molecule has 7 unspecified atom stereocenters. The van der Waals surface area contributed by atoms with Crippen LogP contribution in [-0.4, -0.2) is 34.5 Å². The molecular formula is C16H24O4. The molecule has 2 fully saturated rings. The molecule has 1 saturated carbocycles. The summed E-state index contributed by atoms with van der Waals surface area (Å²) in [5, 5.41) is 20.6. The fraction of sp³-hybridized carbons (Fsp3) is 0.812. The van der Waals surface area contributed by atoms with E-state index in [4.69, 9.17) is 4.74 Å².